The van der Waals surface area contributed by atoms with Crippen molar-refractivity contribution < 1.29 is 17.6 Å². The molecule has 10 heteroatoms. The lowest BCUT2D eigenvalue weighted by molar-refractivity contribution is 0.0730. The van der Waals surface area contributed by atoms with Crippen LogP contribution >= 0.6 is 11.6 Å². The normalized spacial score (nSPS) is 15.8. The van der Waals surface area contributed by atoms with Gasteiger partial charge in [0.2, 0.25) is 15.9 Å². The second-order valence-corrected chi connectivity index (χ2v) is 8.86. The van der Waals surface area contributed by atoms with Crippen LogP contribution in [0.15, 0.2) is 58.0 Å². The molecule has 2 heterocycles. The van der Waals surface area contributed by atoms with Gasteiger partial charge in [-0.05, 0) is 42.5 Å². The second kappa shape index (κ2) is 8.45. The van der Waals surface area contributed by atoms with Crippen molar-refractivity contribution in [1.29, 1.82) is 5.26 Å². The highest BCUT2D eigenvalue weighted by Gasteiger charge is 2.26. The first kappa shape index (κ1) is 20.4. The first-order chi connectivity index (χ1) is 14.5. The van der Waals surface area contributed by atoms with Gasteiger partial charge in [-0.1, -0.05) is 11.6 Å². The average molecular weight is 445 g/mol. The molecule has 1 saturated heterocycles. The number of benzene rings is 2. The van der Waals surface area contributed by atoms with Gasteiger partial charge in [-0.25, -0.2) is 13.4 Å². The van der Waals surface area contributed by atoms with Crippen molar-refractivity contribution in [2.45, 2.75) is 4.90 Å². The molecule has 2 aromatic carbocycles. The number of morpholine rings is 1. The molecule has 0 unspecified atom stereocenters. The SMILES string of the molecule is N#C/C(=C/Nc1ccc(S(=O)(=O)N2CCOCC2)cc1)c1nc2cc(Cl)ccc2o1. The smallest absolute Gasteiger partial charge is 0.243 e. The highest BCUT2D eigenvalue weighted by molar-refractivity contribution is 7.89. The molecule has 8 nitrogen and oxygen atoms in total. The van der Waals surface area contributed by atoms with E-state index in [-0.39, 0.29) is 16.4 Å². The lowest BCUT2D eigenvalue weighted by Crippen LogP contribution is -2.40. The quantitative estimate of drug-likeness (QED) is 0.600. The Morgan fingerprint density at radius 3 is 2.63 bits per heavy atom. The number of nitrogens with one attached hydrogen (secondary N) is 1. The number of oxazole rings is 1. The predicted molar refractivity (Wildman–Crippen MR) is 112 cm³/mol. The van der Waals surface area contributed by atoms with Crippen LogP contribution < -0.4 is 5.32 Å². The van der Waals surface area contributed by atoms with Crippen LogP contribution in [0.3, 0.4) is 0 Å². The van der Waals surface area contributed by atoms with E-state index in [1.165, 1.54) is 22.6 Å². The molecule has 0 saturated carbocycles. The Labute approximate surface area is 178 Å². The fourth-order valence-corrected chi connectivity index (χ4v) is 4.55. The molecule has 0 atom stereocenters. The Hall–Kier alpha value is -2.90. The summed E-state index contributed by atoms with van der Waals surface area (Å²) in [4.78, 5) is 4.48. The summed E-state index contributed by atoms with van der Waals surface area (Å²) < 4.78 is 37.6. The number of rotatable bonds is 5. The van der Waals surface area contributed by atoms with Crippen LogP contribution in [0, 0.1) is 11.3 Å². The summed E-state index contributed by atoms with van der Waals surface area (Å²) in [6.07, 6.45) is 1.46. The topological polar surface area (TPSA) is 108 Å². The zero-order valence-electron chi connectivity index (χ0n) is 15.7. The molecule has 1 N–H and O–H groups in total. The van der Waals surface area contributed by atoms with Crippen molar-refractivity contribution >= 4 is 44.0 Å². The van der Waals surface area contributed by atoms with Crippen molar-refractivity contribution in [3.05, 3.63) is 59.6 Å². The first-order valence-corrected chi connectivity index (χ1v) is 10.9. The van der Waals surface area contributed by atoms with Crippen molar-refractivity contribution in [3.8, 4) is 6.07 Å². The van der Waals surface area contributed by atoms with Gasteiger partial charge >= 0.3 is 0 Å². The number of ether oxygens (including phenoxy) is 1. The van der Waals surface area contributed by atoms with Crippen LogP contribution in [-0.4, -0.2) is 44.0 Å². The number of fused-ring (bicyclic) bond motifs is 1. The van der Waals surface area contributed by atoms with E-state index >= 15 is 0 Å². The number of hydrogen-bond acceptors (Lipinski definition) is 7. The monoisotopic (exact) mass is 444 g/mol. The maximum absolute atomic E-state index is 12.7. The molecule has 30 heavy (non-hydrogen) atoms. The molecule has 1 aromatic heterocycles. The predicted octanol–water partition coefficient (Wildman–Crippen LogP) is 3.48. The molecule has 1 aliphatic heterocycles. The lowest BCUT2D eigenvalue weighted by atomic mass is 10.3. The third-order valence-corrected chi connectivity index (χ3v) is 6.69. The molecule has 0 spiro atoms. The number of sulfonamides is 1. The van der Waals surface area contributed by atoms with E-state index in [1.807, 2.05) is 6.07 Å². The summed E-state index contributed by atoms with van der Waals surface area (Å²) in [6, 6.07) is 13.4. The Bertz CT molecular complexity index is 1240. The van der Waals surface area contributed by atoms with Gasteiger partial charge in [0, 0.05) is 30.0 Å². The molecule has 1 fully saturated rings. The van der Waals surface area contributed by atoms with Gasteiger partial charge in [0.1, 0.15) is 17.2 Å². The van der Waals surface area contributed by atoms with Crippen LogP contribution in [0.25, 0.3) is 16.7 Å². The Morgan fingerprint density at radius 1 is 1.20 bits per heavy atom. The van der Waals surface area contributed by atoms with Gasteiger partial charge in [0.05, 0.1) is 18.1 Å². The van der Waals surface area contributed by atoms with E-state index < -0.39 is 10.0 Å². The summed E-state index contributed by atoms with van der Waals surface area (Å²) in [5, 5.41) is 12.9. The Morgan fingerprint density at radius 2 is 1.93 bits per heavy atom. The third-order valence-electron chi connectivity index (χ3n) is 4.55. The first-order valence-electron chi connectivity index (χ1n) is 9.08. The van der Waals surface area contributed by atoms with Crippen molar-refractivity contribution in [3.63, 3.8) is 0 Å². The van der Waals surface area contributed by atoms with Crippen LogP contribution in [-0.2, 0) is 14.8 Å². The molecule has 0 bridgehead atoms. The van der Waals surface area contributed by atoms with Gasteiger partial charge < -0.3 is 14.5 Å². The maximum Gasteiger partial charge on any atom is 0.243 e. The summed E-state index contributed by atoms with van der Waals surface area (Å²) in [7, 11) is -3.55. The van der Waals surface area contributed by atoms with E-state index in [9.17, 15) is 13.7 Å². The lowest BCUT2D eigenvalue weighted by Gasteiger charge is -2.26. The van der Waals surface area contributed by atoms with Crippen molar-refractivity contribution in [1.82, 2.24) is 9.29 Å². The fraction of sp³-hybridized carbons (Fsp3) is 0.200. The Balaban J connectivity index is 1.51. The number of anilines is 1. The number of allylic oxidation sites excluding steroid dienone is 1. The van der Waals surface area contributed by atoms with Gasteiger partial charge in [-0.2, -0.15) is 9.57 Å². The number of aromatic nitrogens is 1. The zero-order valence-corrected chi connectivity index (χ0v) is 17.3. The highest BCUT2D eigenvalue weighted by atomic mass is 35.5. The van der Waals surface area contributed by atoms with Gasteiger partial charge in [0.25, 0.3) is 0 Å². The zero-order chi connectivity index (χ0) is 21.1. The van der Waals surface area contributed by atoms with Gasteiger partial charge in [-0.3, -0.25) is 0 Å². The van der Waals surface area contributed by atoms with E-state index in [2.05, 4.69) is 10.3 Å². The molecule has 4 rings (SSSR count). The van der Waals surface area contributed by atoms with Crippen molar-refractivity contribution in [2.75, 3.05) is 31.6 Å². The van der Waals surface area contributed by atoms with Crippen LogP contribution in [0.4, 0.5) is 5.69 Å². The molecular weight excluding hydrogens is 428 g/mol. The van der Waals surface area contributed by atoms with Crippen molar-refractivity contribution in [2.24, 2.45) is 0 Å². The van der Waals surface area contributed by atoms with E-state index in [1.54, 1.807) is 30.3 Å². The summed E-state index contributed by atoms with van der Waals surface area (Å²) in [5.41, 5.74) is 1.87. The van der Waals surface area contributed by atoms with Gasteiger partial charge in [-0.15, -0.1) is 0 Å². The van der Waals surface area contributed by atoms with Crippen LogP contribution in [0.2, 0.25) is 5.02 Å². The summed E-state index contributed by atoms with van der Waals surface area (Å²) >= 11 is 5.95. The van der Waals surface area contributed by atoms with Crippen LogP contribution in [0.1, 0.15) is 5.89 Å². The average Bonchev–Trinajstić information content (AvgIpc) is 3.18. The highest BCUT2D eigenvalue weighted by Crippen LogP contribution is 2.24. The molecule has 3 aromatic rings. The summed E-state index contributed by atoms with van der Waals surface area (Å²) in [5.74, 6) is 0.161. The fourth-order valence-electron chi connectivity index (χ4n) is 2.97. The number of hydrogen-bond donors (Lipinski definition) is 1. The minimum Gasteiger partial charge on any atom is -0.435 e. The number of halogens is 1. The molecule has 154 valence electrons. The summed E-state index contributed by atoms with van der Waals surface area (Å²) in [6.45, 7) is 1.46. The minimum absolute atomic E-state index is 0.161. The third kappa shape index (κ3) is 4.17. The second-order valence-electron chi connectivity index (χ2n) is 6.49. The largest absolute Gasteiger partial charge is 0.435 e. The van der Waals surface area contributed by atoms with Crippen LogP contribution in [0.5, 0.6) is 0 Å². The molecule has 0 radical (unpaired) electrons. The molecule has 0 aliphatic carbocycles. The maximum atomic E-state index is 12.7. The Kier molecular flexibility index (Phi) is 5.74. The number of nitriles is 1. The molecule has 0 amide bonds. The number of nitrogens with zero attached hydrogens (tertiary/aromatic N) is 3. The standard InChI is InChI=1S/C20H17ClN4O4S/c21-15-1-6-19-18(11-15)24-20(29-19)14(12-22)13-23-16-2-4-17(5-3-16)30(26,27)25-7-9-28-10-8-25/h1-6,11,13,23H,7-10H2/b14-13-. The van der Waals surface area contributed by atoms with E-state index in [0.29, 0.717) is 48.1 Å². The van der Waals surface area contributed by atoms with Gasteiger partial charge in [0.15, 0.2) is 5.58 Å². The van der Waals surface area contributed by atoms with E-state index in [0.717, 1.165) is 0 Å². The van der Waals surface area contributed by atoms with E-state index in [4.69, 9.17) is 20.8 Å². The molecule has 1 aliphatic rings. The minimum atomic E-state index is -3.55. The molecular formula is C20H17ClN4O4S.